The van der Waals surface area contributed by atoms with Gasteiger partial charge in [0.2, 0.25) is 0 Å². The lowest BCUT2D eigenvalue weighted by atomic mass is 10.1. The van der Waals surface area contributed by atoms with Crippen molar-refractivity contribution in [1.82, 2.24) is 14.9 Å². The lowest BCUT2D eigenvalue weighted by molar-refractivity contribution is -0.0329. The lowest BCUT2D eigenvalue weighted by Gasteiger charge is -2.33. The summed E-state index contributed by atoms with van der Waals surface area (Å²) in [7, 11) is 0. The van der Waals surface area contributed by atoms with Gasteiger partial charge in [0, 0.05) is 43.9 Å². The van der Waals surface area contributed by atoms with Crippen molar-refractivity contribution >= 4 is 11.5 Å². The molecule has 1 aliphatic heterocycles. The number of morpholine rings is 1. The summed E-state index contributed by atoms with van der Waals surface area (Å²) in [4.78, 5) is 11.0. The van der Waals surface area contributed by atoms with Crippen LogP contribution in [0.4, 0.5) is 11.5 Å². The van der Waals surface area contributed by atoms with Crippen LogP contribution in [-0.4, -0.2) is 34.6 Å². The van der Waals surface area contributed by atoms with Crippen LogP contribution in [0.2, 0.25) is 0 Å². The zero-order valence-electron chi connectivity index (χ0n) is 14.6. The van der Waals surface area contributed by atoms with E-state index >= 15 is 0 Å². The largest absolute Gasteiger partial charge is 0.371 e. The van der Waals surface area contributed by atoms with Crippen molar-refractivity contribution in [1.29, 1.82) is 0 Å². The van der Waals surface area contributed by atoms with E-state index in [0.717, 1.165) is 37.7 Å². The van der Waals surface area contributed by atoms with Gasteiger partial charge in [-0.05, 0) is 29.3 Å². The maximum atomic E-state index is 5.95. The molecular formula is C21H22N4O. The zero-order chi connectivity index (χ0) is 17.6. The van der Waals surface area contributed by atoms with Crippen molar-refractivity contribution in [3.63, 3.8) is 0 Å². The normalized spacial score (nSPS) is 17.8. The molecule has 0 aliphatic carbocycles. The number of hydrogen-bond donors (Lipinski definition) is 1. The van der Waals surface area contributed by atoms with Gasteiger partial charge < -0.3 is 10.1 Å². The Hall–Kier alpha value is -2.76. The van der Waals surface area contributed by atoms with Gasteiger partial charge in [0.25, 0.3) is 0 Å². The molecule has 26 heavy (non-hydrogen) atoms. The van der Waals surface area contributed by atoms with E-state index in [2.05, 4.69) is 50.5 Å². The number of nitrogens with one attached hydrogen (secondary N) is 1. The Labute approximate surface area is 153 Å². The molecule has 1 unspecified atom stereocenters. The number of rotatable bonds is 5. The summed E-state index contributed by atoms with van der Waals surface area (Å²) in [5.74, 6) is 0.837. The molecule has 1 N–H and O–H groups in total. The van der Waals surface area contributed by atoms with Crippen LogP contribution >= 0.6 is 0 Å². The molecule has 0 bridgehead atoms. The van der Waals surface area contributed by atoms with Crippen LogP contribution in [0.5, 0.6) is 0 Å². The third-order valence-electron chi connectivity index (χ3n) is 4.51. The van der Waals surface area contributed by atoms with E-state index in [9.17, 15) is 0 Å². The fourth-order valence-corrected chi connectivity index (χ4v) is 3.15. The summed E-state index contributed by atoms with van der Waals surface area (Å²) in [6, 6.07) is 18.4. The van der Waals surface area contributed by atoms with Crippen LogP contribution in [0.1, 0.15) is 17.2 Å². The summed E-state index contributed by atoms with van der Waals surface area (Å²) in [5.41, 5.74) is 3.44. The number of hydrogen-bond acceptors (Lipinski definition) is 5. The van der Waals surface area contributed by atoms with Gasteiger partial charge in [0.05, 0.1) is 12.7 Å². The van der Waals surface area contributed by atoms with Crippen LogP contribution in [-0.2, 0) is 11.3 Å². The van der Waals surface area contributed by atoms with Crippen LogP contribution in [0.25, 0.3) is 0 Å². The first kappa shape index (κ1) is 16.7. The van der Waals surface area contributed by atoms with E-state index in [1.54, 1.807) is 12.4 Å². The summed E-state index contributed by atoms with van der Waals surface area (Å²) in [5, 5.41) is 3.28. The molecule has 4 rings (SSSR count). The molecule has 0 saturated carbocycles. The number of ether oxygens (including phenoxy) is 1. The molecule has 1 atom stereocenters. The second kappa shape index (κ2) is 8.08. The molecule has 0 amide bonds. The van der Waals surface area contributed by atoms with E-state index in [4.69, 9.17) is 4.74 Å². The zero-order valence-corrected chi connectivity index (χ0v) is 14.6. The Morgan fingerprint density at radius 2 is 1.88 bits per heavy atom. The standard InChI is InChI=1S/C21H22N4O/c1-2-4-18(5-3-1)20-16-25(12-13-26-20)15-17-6-7-21(23-14-17)24-19-8-10-22-11-9-19/h1-11,14,20H,12-13,15-16H2,(H,22,23,24). The molecule has 1 saturated heterocycles. The van der Waals surface area contributed by atoms with E-state index in [0.29, 0.717) is 0 Å². The van der Waals surface area contributed by atoms with Gasteiger partial charge in [-0.1, -0.05) is 36.4 Å². The fraction of sp³-hybridized carbons (Fsp3) is 0.238. The first-order valence-corrected chi connectivity index (χ1v) is 8.88. The monoisotopic (exact) mass is 346 g/mol. The Morgan fingerprint density at radius 3 is 2.65 bits per heavy atom. The first-order valence-electron chi connectivity index (χ1n) is 8.88. The van der Waals surface area contributed by atoms with Crippen molar-refractivity contribution in [2.75, 3.05) is 25.0 Å². The Kier molecular flexibility index (Phi) is 5.19. The minimum Gasteiger partial charge on any atom is -0.371 e. The van der Waals surface area contributed by atoms with Crippen LogP contribution in [0, 0.1) is 0 Å². The summed E-state index contributed by atoms with van der Waals surface area (Å²) < 4.78 is 5.95. The minimum absolute atomic E-state index is 0.144. The number of nitrogens with zero attached hydrogens (tertiary/aromatic N) is 3. The van der Waals surface area contributed by atoms with Crippen molar-refractivity contribution in [2.45, 2.75) is 12.6 Å². The number of benzene rings is 1. The number of anilines is 2. The summed E-state index contributed by atoms with van der Waals surface area (Å²) in [6.07, 6.45) is 5.61. The van der Waals surface area contributed by atoms with Crippen LogP contribution in [0.3, 0.4) is 0 Å². The van der Waals surface area contributed by atoms with Gasteiger partial charge >= 0.3 is 0 Å². The molecule has 5 nitrogen and oxygen atoms in total. The van der Waals surface area contributed by atoms with Gasteiger partial charge in [-0.3, -0.25) is 9.88 Å². The Morgan fingerprint density at radius 1 is 1.04 bits per heavy atom. The average Bonchev–Trinajstić information content (AvgIpc) is 2.71. The Balaban J connectivity index is 1.36. The summed E-state index contributed by atoms with van der Waals surface area (Å²) in [6.45, 7) is 3.49. The second-order valence-corrected chi connectivity index (χ2v) is 6.42. The van der Waals surface area contributed by atoms with Crippen molar-refractivity contribution in [2.24, 2.45) is 0 Å². The maximum absolute atomic E-state index is 5.95. The molecule has 5 heteroatoms. The Bertz CT molecular complexity index is 808. The van der Waals surface area contributed by atoms with Gasteiger partial charge in [-0.15, -0.1) is 0 Å². The van der Waals surface area contributed by atoms with Crippen molar-refractivity contribution in [3.05, 3.63) is 84.3 Å². The molecule has 1 aliphatic rings. The second-order valence-electron chi connectivity index (χ2n) is 6.42. The fourth-order valence-electron chi connectivity index (χ4n) is 3.15. The predicted octanol–water partition coefficient (Wildman–Crippen LogP) is 3.79. The van der Waals surface area contributed by atoms with Crippen LogP contribution < -0.4 is 5.32 Å². The third kappa shape index (κ3) is 4.25. The van der Waals surface area contributed by atoms with Crippen LogP contribution in [0.15, 0.2) is 73.2 Å². The molecule has 3 aromatic rings. The van der Waals surface area contributed by atoms with Gasteiger partial charge in [0.1, 0.15) is 5.82 Å². The molecule has 2 aromatic heterocycles. The molecule has 3 heterocycles. The molecule has 1 aromatic carbocycles. The first-order chi connectivity index (χ1) is 12.9. The number of aromatic nitrogens is 2. The number of pyridine rings is 2. The third-order valence-corrected chi connectivity index (χ3v) is 4.51. The highest BCUT2D eigenvalue weighted by Gasteiger charge is 2.21. The molecule has 132 valence electrons. The topological polar surface area (TPSA) is 50.3 Å². The van der Waals surface area contributed by atoms with Gasteiger partial charge in [-0.2, -0.15) is 0 Å². The van der Waals surface area contributed by atoms with E-state index in [-0.39, 0.29) is 6.10 Å². The minimum atomic E-state index is 0.144. The summed E-state index contributed by atoms with van der Waals surface area (Å²) >= 11 is 0. The quantitative estimate of drug-likeness (QED) is 0.762. The van der Waals surface area contributed by atoms with E-state index in [1.165, 1.54) is 11.1 Å². The van der Waals surface area contributed by atoms with Gasteiger partial charge in [0.15, 0.2) is 0 Å². The highest BCUT2D eigenvalue weighted by molar-refractivity contribution is 5.54. The highest BCUT2D eigenvalue weighted by Crippen LogP contribution is 2.23. The van der Waals surface area contributed by atoms with E-state index < -0.39 is 0 Å². The van der Waals surface area contributed by atoms with Crippen molar-refractivity contribution in [3.8, 4) is 0 Å². The highest BCUT2D eigenvalue weighted by atomic mass is 16.5. The van der Waals surface area contributed by atoms with Gasteiger partial charge in [-0.25, -0.2) is 4.98 Å². The molecular weight excluding hydrogens is 324 g/mol. The molecule has 0 spiro atoms. The van der Waals surface area contributed by atoms with E-state index in [1.807, 2.05) is 30.5 Å². The maximum Gasteiger partial charge on any atom is 0.130 e. The van der Waals surface area contributed by atoms with Crippen molar-refractivity contribution < 1.29 is 4.74 Å². The molecule has 0 radical (unpaired) electrons. The average molecular weight is 346 g/mol. The SMILES string of the molecule is c1ccc(C2CN(Cc3ccc(Nc4ccncc4)nc3)CCO2)cc1. The lowest BCUT2D eigenvalue weighted by Crippen LogP contribution is -2.37. The predicted molar refractivity (Wildman–Crippen MR) is 102 cm³/mol. The molecule has 1 fully saturated rings. The smallest absolute Gasteiger partial charge is 0.130 e.